The highest BCUT2D eigenvalue weighted by atomic mass is 35.5. The Morgan fingerprint density at radius 3 is 2.32 bits per heavy atom. The van der Waals surface area contributed by atoms with Crippen LogP contribution in [0, 0.1) is 6.92 Å². The molecule has 1 aliphatic rings. The van der Waals surface area contributed by atoms with Crippen LogP contribution in [0.15, 0.2) is 77.9 Å². The molecule has 1 aliphatic heterocycles. The van der Waals surface area contributed by atoms with E-state index in [2.05, 4.69) is 10.4 Å². The minimum absolute atomic E-state index is 0.149. The maximum Gasteiger partial charge on any atom is 0.271 e. The van der Waals surface area contributed by atoms with E-state index in [0.29, 0.717) is 22.2 Å². The van der Waals surface area contributed by atoms with Gasteiger partial charge in [0.2, 0.25) is 0 Å². The Bertz CT molecular complexity index is 1070. The predicted molar refractivity (Wildman–Crippen MR) is 131 cm³/mol. The Kier molecular flexibility index (Phi) is 7.72. The van der Waals surface area contributed by atoms with Crippen LogP contribution >= 0.6 is 23.2 Å². The van der Waals surface area contributed by atoms with Crippen molar-refractivity contribution in [3.05, 3.63) is 94.0 Å². The Morgan fingerprint density at radius 2 is 1.68 bits per heavy atom. The van der Waals surface area contributed by atoms with Crippen LogP contribution in [0.25, 0.3) is 0 Å². The number of nitrogens with one attached hydrogen (secondary N) is 1. The number of nitrogens with zero attached hydrogens (tertiary/aromatic N) is 2. The van der Waals surface area contributed by atoms with Crippen molar-refractivity contribution in [1.82, 2.24) is 0 Å². The summed E-state index contributed by atoms with van der Waals surface area (Å²) >= 11 is 12.6. The third-order valence-electron chi connectivity index (χ3n) is 4.81. The van der Waals surface area contributed by atoms with E-state index in [1.807, 2.05) is 98.6 Å². The number of amides is 1. The predicted octanol–water partition coefficient (Wildman–Crippen LogP) is 7.27. The molecule has 0 saturated carbocycles. The standard InChI is InChI=1S/C23H19Cl2N3O.C2H6/c1-15-7-12-21(19(25)13-15)28-22(16-8-10-17(24)11-9-16)14-20(27-28)23(29)26-18-5-3-2-4-6-18;1-2/h2-13,22H,14H2,1H3,(H,26,29);1-2H3. The lowest BCUT2D eigenvalue weighted by Gasteiger charge is -2.25. The van der Waals surface area contributed by atoms with Crippen LogP contribution in [0.2, 0.25) is 10.0 Å². The largest absolute Gasteiger partial charge is 0.321 e. The fraction of sp³-hybridized carbons (Fsp3) is 0.200. The van der Waals surface area contributed by atoms with Gasteiger partial charge in [0.25, 0.3) is 5.91 Å². The molecule has 1 amide bonds. The topological polar surface area (TPSA) is 44.7 Å². The van der Waals surface area contributed by atoms with Gasteiger partial charge in [-0.05, 0) is 54.4 Å². The summed E-state index contributed by atoms with van der Waals surface area (Å²) in [4.78, 5) is 12.8. The molecule has 1 atom stereocenters. The van der Waals surface area contributed by atoms with Gasteiger partial charge in [-0.3, -0.25) is 9.80 Å². The number of benzene rings is 3. The van der Waals surface area contributed by atoms with Crippen molar-refractivity contribution >= 4 is 46.2 Å². The van der Waals surface area contributed by atoms with Crippen molar-refractivity contribution in [1.29, 1.82) is 0 Å². The molecule has 3 aromatic carbocycles. The van der Waals surface area contributed by atoms with Gasteiger partial charge < -0.3 is 5.32 Å². The summed E-state index contributed by atoms with van der Waals surface area (Å²) in [5.41, 5.74) is 4.02. The lowest BCUT2D eigenvalue weighted by molar-refractivity contribution is -0.110. The van der Waals surface area contributed by atoms with Gasteiger partial charge in [-0.2, -0.15) is 5.10 Å². The summed E-state index contributed by atoms with van der Waals surface area (Å²) in [5, 5.41) is 10.6. The smallest absolute Gasteiger partial charge is 0.271 e. The molecule has 4 rings (SSSR count). The zero-order valence-electron chi connectivity index (χ0n) is 17.8. The van der Waals surface area contributed by atoms with Gasteiger partial charge >= 0.3 is 0 Å². The van der Waals surface area contributed by atoms with Crippen LogP contribution in [0.3, 0.4) is 0 Å². The molecule has 6 heteroatoms. The summed E-state index contributed by atoms with van der Waals surface area (Å²) in [6.07, 6.45) is 0.463. The van der Waals surface area contributed by atoms with Crippen molar-refractivity contribution in [2.24, 2.45) is 5.10 Å². The van der Waals surface area contributed by atoms with E-state index in [4.69, 9.17) is 23.2 Å². The number of hydrogen-bond donors (Lipinski definition) is 1. The van der Waals surface area contributed by atoms with E-state index >= 15 is 0 Å². The van der Waals surface area contributed by atoms with Gasteiger partial charge in [-0.25, -0.2) is 0 Å². The highest BCUT2D eigenvalue weighted by Gasteiger charge is 2.33. The third-order valence-corrected chi connectivity index (χ3v) is 5.36. The molecule has 0 aromatic heterocycles. The highest BCUT2D eigenvalue weighted by Crippen LogP contribution is 2.39. The van der Waals surface area contributed by atoms with Crippen molar-refractivity contribution in [3.8, 4) is 0 Å². The first kappa shape index (κ1) is 22.9. The molecule has 1 heterocycles. The number of halogens is 2. The molecule has 31 heavy (non-hydrogen) atoms. The molecule has 0 bridgehead atoms. The average molecular weight is 454 g/mol. The first-order valence-electron chi connectivity index (χ1n) is 10.3. The molecule has 1 N–H and O–H groups in total. The van der Waals surface area contributed by atoms with E-state index in [-0.39, 0.29) is 11.9 Å². The minimum atomic E-state index is -0.221. The van der Waals surface area contributed by atoms with Gasteiger partial charge in [0.15, 0.2) is 0 Å². The number of rotatable bonds is 4. The second-order valence-corrected chi connectivity index (χ2v) is 7.78. The first-order chi connectivity index (χ1) is 15.0. The van der Waals surface area contributed by atoms with Gasteiger partial charge in [0.05, 0.1) is 16.8 Å². The summed E-state index contributed by atoms with van der Waals surface area (Å²) in [5.74, 6) is -0.221. The molecular formula is C25H25Cl2N3O. The normalized spacial score (nSPS) is 15.1. The van der Waals surface area contributed by atoms with Crippen LogP contribution in [-0.2, 0) is 4.79 Å². The van der Waals surface area contributed by atoms with E-state index in [9.17, 15) is 4.79 Å². The number of carbonyl (C=O) groups excluding carboxylic acids is 1. The number of aryl methyl sites for hydroxylation is 1. The fourth-order valence-electron chi connectivity index (χ4n) is 3.34. The molecule has 0 spiro atoms. The average Bonchev–Trinajstić information content (AvgIpc) is 3.22. The highest BCUT2D eigenvalue weighted by molar-refractivity contribution is 6.44. The second-order valence-electron chi connectivity index (χ2n) is 6.94. The molecule has 1 unspecified atom stereocenters. The number of hydrazone groups is 1. The Hall–Kier alpha value is -2.82. The molecule has 0 aliphatic carbocycles. The molecule has 3 aromatic rings. The Labute approximate surface area is 193 Å². The maximum atomic E-state index is 12.8. The van der Waals surface area contributed by atoms with Crippen LogP contribution in [0.5, 0.6) is 0 Å². The quantitative estimate of drug-likeness (QED) is 0.450. The number of anilines is 2. The zero-order chi connectivity index (χ0) is 22.4. The third kappa shape index (κ3) is 5.46. The monoisotopic (exact) mass is 453 g/mol. The van der Waals surface area contributed by atoms with Crippen LogP contribution in [0.4, 0.5) is 11.4 Å². The van der Waals surface area contributed by atoms with Gasteiger partial charge in [0.1, 0.15) is 5.71 Å². The van der Waals surface area contributed by atoms with Crippen molar-refractivity contribution in [2.75, 3.05) is 10.3 Å². The van der Waals surface area contributed by atoms with E-state index in [0.717, 1.165) is 22.5 Å². The van der Waals surface area contributed by atoms with Crippen LogP contribution in [0.1, 0.15) is 37.4 Å². The maximum absolute atomic E-state index is 12.8. The van der Waals surface area contributed by atoms with Gasteiger partial charge in [0, 0.05) is 17.1 Å². The van der Waals surface area contributed by atoms with Crippen LogP contribution < -0.4 is 10.3 Å². The molecule has 0 radical (unpaired) electrons. The number of para-hydroxylation sites is 1. The fourth-order valence-corrected chi connectivity index (χ4v) is 3.78. The first-order valence-corrected chi connectivity index (χ1v) is 11.0. The molecule has 160 valence electrons. The summed E-state index contributed by atoms with van der Waals surface area (Å²) in [7, 11) is 0. The van der Waals surface area contributed by atoms with Crippen molar-refractivity contribution in [3.63, 3.8) is 0 Å². The van der Waals surface area contributed by atoms with E-state index < -0.39 is 0 Å². The van der Waals surface area contributed by atoms with E-state index in [1.54, 1.807) is 0 Å². The van der Waals surface area contributed by atoms with E-state index in [1.165, 1.54) is 0 Å². The molecule has 0 fully saturated rings. The Balaban J connectivity index is 0.00000132. The summed E-state index contributed by atoms with van der Waals surface area (Å²) in [6.45, 7) is 5.98. The number of hydrogen-bond acceptors (Lipinski definition) is 3. The summed E-state index contributed by atoms with van der Waals surface area (Å²) in [6, 6.07) is 22.6. The summed E-state index contributed by atoms with van der Waals surface area (Å²) < 4.78 is 0. The number of carbonyl (C=O) groups is 1. The van der Waals surface area contributed by atoms with Crippen LogP contribution in [-0.4, -0.2) is 11.6 Å². The lowest BCUT2D eigenvalue weighted by atomic mass is 10.0. The van der Waals surface area contributed by atoms with Gasteiger partial charge in [-0.15, -0.1) is 0 Å². The molecule has 0 saturated heterocycles. The minimum Gasteiger partial charge on any atom is -0.321 e. The second kappa shape index (κ2) is 10.5. The van der Waals surface area contributed by atoms with Crippen molar-refractivity contribution in [2.45, 2.75) is 33.2 Å². The van der Waals surface area contributed by atoms with Gasteiger partial charge in [-0.1, -0.05) is 73.4 Å². The lowest BCUT2D eigenvalue weighted by Crippen LogP contribution is -2.21. The molecular weight excluding hydrogens is 429 g/mol. The zero-order valence-corrected chi connectivity index (χ0v) is 19.3. The van der Waals surface area contributed by atoms with Crippen molar-refractivity contribution < 1.29 is 4.79 Å². The molecule has 4 nitrogen and oxygen atoms in total. The SMILES string of the molecule is CC.Cc1ccc(N2N=C(C(=O)Nc3ccccc3)CC2c2ccc(Cl)cc2)c(Cl)c1. The Morgan fingerprint density at radius 1 is 1.00 bits per heavy atom.